The number of alkyl halides is 1. The van der Waals surface area contributed by atoms with E-state index in [2.05, 4.69) is 10.6 Å². The molecule has 0 bridgehead atoms. The number of hydrogen-bond donors (Lipinski definition) is 14. The van der Waals surface area contributed by atoms with Crippen LogP contribution in [0.25, 0.3) is 0 Å². The molecule has 3 rings (SSSR count). The summed E-state index contributed by atoms with van der Waals surface area (Å²) >= 11 is 0. The van der Waals surface area contributed by atoms with E-state index in [1.807, 2.05) is 0 Å². The molecular weight excluding hydrogens is 609 g/mol. The van der Waals surface area contributed by atoms with E-state index in [-0.39, 0.29) is 13.0 Å². The number of nitrogens with two attached hydrogens (primary N) is 5. The van der Waals surface area contributed by atoms with E-state index in [0.717, 1.165) is 0 Å². The first-order chi connectivity index (χ1) is 21.3. The Bertz CT molecular complexity index is 920. The first-order valence-electron chi connectivity index (χ1n) is 14.9. The summed E-state index contributed by atoms with van der Waals surface area (Å²) in [6.07, 6.45) is -19.9. The van der Waals surface area contributed by atoms with Crippen molar-refractivity contribution in [1.29, 1.82) is 0 Å². The Morgan fingerprint density at radius 2 is 1.56 bits per heavy atom. The minimum absolute atomic E-state index is 0.192. The Kier molecular flexibility index (Phi) is 14.6. The monoisotopic (exact) mass is 659 g/mol. The van der Waals surface area contributed by atoms with Crippen LogP contribution in [-0.4, -0.2) is 178 Å². The van der Waals surface area contributed by atoms with Crippen LogP contribution in [0.15, 0.2) is 0 Å². The molecule has 19 nitrogen and oxygen atoms in total. The molecule has 2 saturated heterocycles. The number of rotatable bonds is 14. The van der Waals surface area contributed by atoms with Gasteiger partial charge in [0, 0.05) is 19.1 Å². The molecule has 17 atom stereocenters. The van der Waals surface area contributed by atoms with Crippen molar-refractivity contribution in [1.82, 2.24) is 10.6 Å². The Labute approximate surface area is 259 Å². The van der Waals surface area contributed by atoms with Crippen LogP contribution in [-0.2, 0) is 23.7 Å². The van der Waals surface area contributed by atoms with E-state index in [1.54, 1.807) is 0 Å². The summed E-state index contributed by atoms with van der Waals surface area (Å²) in [6.45, 7) is -0.930. The molecule has 3 aliphatic rings. The first kappa shape index (κ1) is 38.2. The zero-order chi connectivity index (χ0) is 33.6. The van der Waals surface area contributed by atoms with Crippen molar-refractivity contribution in [3.63, 3.8) is 0 Å². The highest BCUT2D eigenvalue weighted by Gasteiger charge is 2.53. The zero-order valence-electron chi connectivity index (χ0n) is 24.7. The van der Waals surface area contributed by atoms with E-state index in [0.29, 0.717) is 19.5 Å². The van der Waals surface area contributed by atoms with Crippen molar-refractivity contribution < 1.29 is 63.9 Å². The number of aliphatic hydroxyl groups excluding tert-OH is 7. The van der Waals surface area contributed by atoms with Gasteiger partial charge in [-0.2, -0.15) is 0 Å². The van der Waals surface area contributed by atoms with Crippen LogP contribution in [0.3, 0.4) is 0 Å². The highest BCUT2D eigenvalue weighted by atomic mass is 19.1. The fraction of sp³-hybridized carbons (Fsp3) is 0.960. The molecule has 45 heavy (non-hydrogen) atoms. The lowest BCUT2D eigenvalue weighted by Crippen LogP contribution is -2.70. The molecule has 2 heterocycles. The molecule has 0 radical (unpaired) electrons. The molecule has 0 aromatic heterocycles. The first-order valence-corrected chi connectivity index (χ1v) is 14.9. The Morgan fingerprint density at radius 3 is 2.16 bits per heavy atom. The molecule has 1 amide bonds. The largest absolute Gasteiger partial charge is 0.394 e. The fourth-order valence-corrected chi connectivity index (χ4v) is 5.67. The predicted octanol–water partition coefficient (Wildman–Crippen LogP) is -8.53. The van der Waals surface area contributed by atoms with Gasteiger partial charge >= 0.3 is 0 Å². The van der Waals surface area contributed by atoms with Crippen LogP contribution in [0, 0.1) is 0 Å². The summed E-state index contributed by atoms with van der Waals surface area (Å²) < 4.78 is 37.3. The van der Waals surface area contributed by atoms with E-state index >= 15 is 0 Å². The lowest BCUT2D eigenvalue weighted by atomic mass is 9.83. The molecule has 1 saturated carbocycles. The van der Waals surface area contributed by atoms with Crippen molar-refractivity contribution in [3.8, 4) is 0 Å². The Hall–Kier alpha value is -1.28. The second-order valence-electron chi connectivity index (χ2n) is 11.6. The van der Waals surface area contributed by atoms with Crippen molar-refractivity contribution in [2.24, 2.45) is 28.7 Å². The highest BCUT2D eigenvalue weighted by Crippen LogP contribution is 2.32. The van der Waals surface area contributed by atoms with E-state index in [9.17, 15) is 44.9 Å². The third kappa shape index (κ3) is 8.80. The van der Waals surface area contributed by atoms with Gasteiger partial charge in [-0.3, -0.25) is 4.79 Å². The van der Waals surface area contributed by atoms with Gasteiger partial charge in [-0.25, -0.2) is 4.39 Å². The van der Waals surface area contributed by atoms with Gasteiger partial charge in [-0.1, -0.05) is 0 Å². The van der Waals surface area contributed by atoms with E-state index in [1.165, 1.54) is 0 Å². The molecule has 2 aliphatic heterocycles. The third-order valence-electron chi connectivity index (χ3n) is 8.40. The average molecular weight is 660 g/mol. The summed E-state index contributed by atoms with van der Waals surface area (Å²) in [5.74, 6) is -1.20. The molecule has 2 unspecified atom stereocenters. The van der Waals surface area contributed by atoms with Crippen LogP contribution < -0.4 is 39.3 Å². The predicted molar refractivity (Wildman–Crippen MR) is 151 cm³/mol. The smallest absolute Gasteiger partial charge is 0.252 e. The summed E-state index contributed by atoms with van der Waals surface area (Å²) in [6, 6.07) is -4.71. The Morgan fingerprint density at radius 1 is 0.911 bits per heavy atom. The minimum atomic E-state index is -2.17. The number of carbonyl (C=O) groups is 1. The summed E-state index contributed by atoms with van der Waals surface area (Å²) in [5.41, 5.74) is 28.8. The second kappa shape index (κ2) is 17.2. The number of halogens is 1. The SMILES string of the molecule is NCCCN[C@H]1[C@@H](O[C@H]2[C@H](O)[C@@H](O[C@H]3O[C@H](CO)[C@@H](O)[C@H](N)[C@H]3O)[C@H](NC(=O)C(O)C(F)CN)C[C@@H]2N)O[C@H](CN)[C@@H](O)[C@@H]1O. The molecule has 20 heteroatoms. The van der Waals surface area contributed by atoms with Gasteiger partial charge < -0.3 is 94.0 Å². The number of ether oxygens (including phenoxy) is 4. The van der Waals surface area contributed by atoms with Gasteiger partial charge in [0.05, 0.1) is 24.7 Å². The summed E-state index contributed by atoms with van der Waals surface area (Å²) in [5, 5.41) is 78.9. The Balaban J connectivity index is 1.90. The van der Waals surface area contributed by atoms with Crippen molar-refractivity contribution >= 4 is 5.91 Å². The van der Waals surface area contributed by atoms with Gasteiger partial charge in [0.25, 0.3) is 5.91 Å². The summed E-state index contributed by atoms with van der Waals surface area (Å²) in [7, 11) is 0. The quantitative estimate of drug-likeness (QED) is 0.0769. The number of hydrogen-bond acceptors (Lipinski definition) is 18. The van der Waals surface area contributed by atoms with Crippen molar-refractivity contribution in [3.05, 3.63) is 0 Å². The number of nitrogens with one attached hydrogen (secondary N) is 2. The van der Waals surface area contributed by atoms with Crippen LogP contribution >= 0.6 is 0 Å². The molecule has 0 spiro atoms. The molecule has 1 aliphatic carbocycles. The minimum Gasteiger partial charge on any atom is -0.394 e. The number of aliphatic hydroxyl groups is 7. The van der Waals surface area contributed by atoms with Crippen molar-refractivity contribution in [2.75, 3.05) is 32.8 Å². The molecule has 0 aromatic rings. The lowest BCUT2D eigenvalue weighted by molar-refractivity contribution is -0.321. The molecule has 19 N–H and O–H groups in total. The lowest BCUT2D eigenvalue weighted by Gasteiger charge is -2.49. The standard InChI is InChI=1S/C25H50FN7O12/c26-8(5-28)15(35)23(41)33-10-4-9(30)21(20(40)22(10)45-25-18(38)13(31)16(36)12(7-34)43-25)44-24-14(32-3-1-2-27)19(39)17(37)11(6-29)42-24/h8-22,24-25,32,34-40H,1-7,27-31H2,(H,33,41)/t8?,9-,10+,11+,12+,13-,14+,15?,16+,17+,18+,19+,20-,21+,22-,24+,25+/m0/s1. The topological polar surface area (TPSA) is 350 Å². The van der Waals surface area contributed by atoms with E-state index < -0.39 is 123 Å². The molecule has 3 fully saturated rings. The van der Waals surface area contributed by atoms with Crippen LogP contribution in [0.5, 0.6) is 0 Å². The zero-order valence-corrected chi connectivity index (χ0v) is 24.7. The molecule has 264 valence electrons. The maximum absolute atomic E-state index is 14.0. The summed E-state index contributed by atoms with van der Waals surface area (Å²) in [4.78, 5) is 12.7. The van der Waals surface area contributed by atoms with E-state index in [4.69, 9.17) is 47.6 Å². The van der Waals surface area contributed by atoms with Crippen LogP contribution in [0.4, 0.5) is 4.39 Å². The fourth-order valence-electron chi connectivity index (χ4n) is 5.67. The second-order valence-corrected chi connectivity index (χ2v) is 11.6. The molecular formula is C25H50FN7O12. The highest BCUT2D eigenvalue weighted by molar-refractivity contribution is 5.81. The van der Waals surface area contributed by atoms with Gasteiger partial charge in [0.2, 0.25) is 0 Å². The van der Waals surface area contributed by atoms with Crippen LogP contribution in [0.1, 0.15) is 12.8 Å². The van der Waals surface area contributed by atoms with Gasteiger partial charge in [-0.15, -0.1) is 0 Å². The van der Waals surface area contributed by atoms with Gasteiger partial charge in [0.15, 0.2) is 18.7 Å². The van der Waals surface area contributed by atoms with Crippen molar-refractivity contribution in [2.45, 2.75) is 117 Å². The number of carbonyl (C=O) groups excluding carboxylic acids is 1. The van der Waals surface area contributed by atoms with Gasteiger partial charge in [0.1, 0.15) is 61.1 Å². The average Bonchev–Trinajstić information content (AvgIpc) is 3.02. The van der Waals surface area contributed by atoms with Gasteiger partial charge in [-0.05, 0) is 25.9 Å². The third-order valence-corrected chi connectivity index (χ3v) is 8.40. The maximum Gasteiger partial charge on any atom is 0.252 e. The molecule has 0 aromatic carbocycles. The number of amides is 1. The van der Waals surface area contributed by atoms with Crippen LogP contribution in [0.2, 0.25) is 0 Å². The maximum atomic E-state index is 14.0. The normalized spacial score (nSPS) is 43.9.